The van der Waals surface area contributed by atoms with Crippen LogP contribution in [0.2, 0.25) is 0 Å². The first kappa shape index (κ1) is 15.7. The number of nitrogens with two attached hydrogens (primary N) is 2. The molecule has 3 heterocycles. The van der Waals surface area contributed by atoms with Gasteiger partial charge in [-0.15, -0.1) is 5.10 Å². The average molecular weight is 316 g/mol. The summed E-state index contributed by atoms with van der Waals surface area (Å²) >= 11 is 0. The Balaban J connectivity index is 1.51. The van der Waals surface area contributed by atoms with Gasteiger partial charge < -0.3 is 21.3 Å². The van der Waals surface area contributed by atoms with Crippen molar-refractivity contribution >= 4 is 11.9 Å². The van der Waals surface area contributed by atoms with E-state index in [0.29, 0.717) is 0 Å². The molecule has 0 bridgehead atoms. The number of piperazine rings is 1. The van der Waals surface area contributed by atoms with Gasteiger partial charge in [-0.1, -0.05) is 0 Å². The molecule has 0 saturated carbocycles. The molecule has 8 nitrogen and oxygen atoms in total. The van der Waals surface area contributed by atoms with Crippen LogP contribution in [0.25, 0.3) is 5.69 Å². The summed E-state index contributed by atoms with van der Waals surface area (Å²) in [6.07, 6.45) is 3.85. The van der Waals surface area contributed by atoms with E-state index in [1.54, 1.807) is 6.20 Å². The molecular formula is C15H24N8. The van der Waals surface area contributed by atoms with Crippen LogP contribution in [0.3, 0.4) is 0 Å². The summed E-state index contributed by atoms with van der Waals surface area (Å²) in [6, 6.07) is 3.96. The van der Waals surface area contributed by atoms with Crippen molar-refractivity contribution in [2.75, 3.05) is 51.2 Å². The van der Waals surface area contributed by atoms with E-state index in [2.05, 4.69) is 31.9 Å². The highest BCUT2D eigenvalue weighted by atomic mass is 15.4. The number of hydrogen-bond donors (Lipinski definition) is 2. The Morgan fingerprint density at radius 3 is 2.52 bits per heavy atom. The molecule has 0 aromatic carbocycles. The predicted octanol–water partition coefficient (Wildman–Crippen LogP) is 0.00670. The summed E-state index contributed by atoms with van der Waals surface area (Å²) < 4.78 is 1.50. The van der Waals surface area contributed by atoms with E-state index < -0.39 is 0 Å². The molecule has 1 saturated heterocycles. The Morgan fingerprint density at radius 1 is 1.13 bits per heavy atom. The van der Waals surface area contributed by atoms with E-state index in [-0.39, 0.29) is 11.9 Å². The molecule has 0 spiro atoms. The molecule has 0 aliphatic carbocycles. The number of nitrogen functional groups attached to an aromatic ring is 2. The van der Waals surface area contributed by atoms with Gasteiger partial charge in [0.05, 0.1) is 11.9 Å². The fourth-order valence-electron chi connectivity index (χ4n) is 2.78. The molecule has 124 valence electrons. The zero-order valence-corrected chi connectivity index (χ0v) is 13.5. The fourth-order valence-corrected chi connectivity index (χ4v) is 2.78. The Kier molecular flexibility index (Phi) is 4.73. The lowest BCUT2D eigenvalue weighted by Crippen LogP contribution is -2.44. The molecule has 0 unspecified atom stereocenters. The van der Waals surface area contributed by atoms with Crippen LogP contribution in [0.15, 0.2) is 18.3 Å². The van der Waals surface area contributed by atoms with Gasteiger partial charge in [0.15, 0.2) is 0 Å². The molecule has 23 heavy (non-hydrogen) atoms. The van der Waals surface area contributed by atoms with Gasteiger partial charge in [-0.2, -0.15) is 9.67 Å². The van der Waals surface area contributed by atoms with Crippen LogP contribution >= 0.6 is 0 Å². The molecule has 1 aliphatic rings. The van der Waals surface area contributed by atoms with Gasteiger partial charge in [0.1, 0.15) is 0 Å². The number of nitrogens with zero attached hydrogens (tertiary/aromatic N) is 6. The van der Waals surface area contributed by atoms with Crippen molar-refractivity contribution < 1.29 is 0 Å². The van der Waals surface area contributed by atoms with Crippen LogP contribution in [0.4, 0.5) is 11.9 Å². The maximum Gasteiger partial charge on any atom is 0.241 e. The minimum absolute atomic E-state index is 0.166. The standard InChI is InChI=1S/C15H24N8/c1-21-7-9-22(10-8-21)6-2-3-12-4-5-13(11-18-12)23-15(17)19-14(16)20-23/h4-5,11H,2-3,6-10H2,1H3,(H4,16,17,19,20). The first-order valence-corrected chi connectivity index (χ1v) is 7.96. The van der Waals surface area contributed by atoms with E-state index in [9.17, 15) is 0 Å². The van der Waals surface area contributed by atoms with Gasteiger partial charge >= 0.3 is 0 Å². The lowest BCUT2D eigenvalue weighted by atomic mass is 10.2. The monoisotopic (exact) mass is 316 g/mol. The highest BCUT2D eigenvalue weighted by Gasteiger charge is 2.13. The molecule has 8 heteroatoms. The van der Waals surface area contributed by atoms with Crippen LogP contribution in [0, 0.1) is 0 Å². The van der Waals surface area contributed by atoms with Crippen molar-refractivity contribution in [3.8, 4) is 5.69 Å². The molecule has 3 rings (SSSR count). The topological polar surface area (TPSA) is 102 Å². The molecule has 2 aromatic heterocycles. The van der Waals surface area contributed by atoms with E-state index in [0.717, 1.165) is 56.9 Å². The van der Waals surface area contributed by atoms with Gasteiger partial charge in [-0.05, 0) is 38.6 Å². The Morgan fingerprint density at radius 2 is 1.91 bits per heavy atom. The first-order chi connectivity index (χ1) is 11.1. The third-order valence-corrected chi connectivity index (χ3v) is 4.21. The quantitative estimate of drug-likeness (QED) is 0.801. The first-order valence-electron chi connectivity index (χ1n) is 7.96. The minimum atomic E-state index is 0.166. The number of aromatic nitrogens is 4. The van der Waals surface area contributed by atoms with Crippen LogP contribution in [-0.4, -0.2) is 69.3 Å². The lowest BCUT2D eigenvalue weighted by Gasteiger charge is -2.32. The van der Waals surface area contributed by atoms with Crippen molar-refractivity contribution in [3.63, 3.8) is 0 Å². The number of pyridine rings is 1. The molecular weight excluding hydrogens is 292 g/mol. The van der Waals surface area contributed by atoms with Crippen LogP contribution in [0.5, 0.6) is 0 Å². The summed E-state index contributed by atoms with van der Waals surface area (Å²) in [7, 11) is 2.18. The molecule has 2 aromatic rings. The van der Waals surface area contributed by atoms with Gasteiger partial charge in [0.2, 0.25) is 11.9 Å². The second kappa shape index (κ2) is 6.93. The SMILES string of the molecule is CN1CCN(CCCc2ccc(-n3nc(N)nc3N)cn2)CC1. The largest absolute Gasteiger partial charge is 0.368 e. The molecule has 1 aliphatic heterocycles. The summed E-state index contributed by atoms with van der Waals surface area (Å²) in [6.45, 7) is 5.78. The Labute approximate surface area is 136 Å². The van der Waals surface area contributed by atoms with Gasteiger partial charge in [0, 0.05) is 31.9 Å². The maximum atomic E-state index is 5.76. The molecule has 4 N–H and O–H groups in total. The predicted molar refractivity (Wildman–Crippen MR) is 90.2 cm³/mol. The molecule has 1 fully saturated rings. The number of likely N-dealkylation sites (N-methyl/N-ethyl adjacent to an activating group) is 1. The van der Waals surface area contributed by atoms with E-state index in [4.69, 9.17) is 11.5 Å². The summed E-state index contributed by atoms with van der Waals surface area (Å²) in [5.41, 5.74) is 13.1. The normalized spacial score (nSPS) is 16.7. The zero-order chi connectivity index (χ0) is 16.2. The number of hydrogen-bond acceptors (Lipinski definition) is 7. The highest BCUT2D eigenvalue weighted by Crippen LogP contribution is 2.12. The average Bonchev–Trinajstić information content (AvgIpc) is 2.89. The third-order valence-electron chi connectivity index (χ3n) is 4.21. The molecule has 0 atom stereocenters. The van der Waals surface area contributed by atoms with Crippen molar-refractivity contribution in [3.05, 3.63) is 24.0 Å². The summed E-state index contributed by atoms with van der Waals surface area (Å²) in [5.74, 6) is 0.436. The number of aryl methyl sites for hydroxylation is 1. The molecule has 0 amide bonds. The van der Waals surface area contributed by atoms with Crippen LogP contribution in [-0.2, 0) is 6.42 Å². The van der Waals surface area contributed by atoms with Gasteiger partial charge in [-0.25, -0.2) is 0 Å². The van der Waals surface area contributed by atoms with E-state index in [1.807, 2.05) is 12.1 Å². The summed E-state index contributed by atoms with van der Waals surface area (Å²) in [4.78, 5) is 13.3. The maximum absolute atomic E-state index is 5.76. The smallest absolute Gasteiger partial charge is 0.241 e. The van der Waals surface area contributed by atoms with Crippen LogP contribution < -0.4 is 11.5 Å². The van der Waals surface area contributed by atoms with Crippen molar-refractivity contribution in [2.45, 2.75) is 12.8 Å². The summed E-state index contributed by atoms with van der Waals surface area (Å²) in [5, 5.41) is 4.05. The Hall–Kier alpha value is -2.19. The van der Waals surface area contributed by atoms with Gasteiger partial charge in [-0.3, -0.25) is 4.98 Å². The number of rotatable bonds is 5. The molecule has 0 radical (unpaired) electrons. The van der Waals surface area contributed by atoms with Crippen LogP contribution in [0.1, 0.15) is 12.1 Å². The Bertz CT molecular complexity index is 627. The second-order valence-corrected chi connectivity index (χ2v) is 6.00. The van der Waals surface area contributed by atoms with E-state index in [1.165, 1.54) is 4.68 Å². The highest BCUT2D eigenvalue weighted by molar-refractivity contribution is 5.39. The number of anilines is 2. The zero-order valence-electron chi connectivity index (χ0n) is 13.5. The van der Waals surface area contributed by atoms with Crippen molar-refractivity contribution in [1.82, 2.24) is 29.5 Å². The lowest BCUT2D eigenvalue weighted by molar-refractivity contribution is 0.153. The third kappa shape index (κ3) is 3.96. The second-order valence-electron chi connectivity index (χ2n) is 6.00. The van der Waals surface area contributed by atoms with E-state index >= 15 is 0 Å². The van der Waals surface area contributed by atoms with Gasteiger partial charge in [0.25, 0.3) is 0 Å². The van der Waals surface area contributed by atoms with Crippen molar-refractivity contribution in [2.24, 2.45) is 0 Å². The fraction of sp³-hybridized carbons (Fsp3) is 0.533. The van der Waals surface area contributed by atoms with Crippen molar-refractivity contribution in [1.29, 1.82) is 0 Å². The minimum Gasteiger partial charge on any atom is -0.368 e.